The molecule has 1 unspecified atom stereocenters. The third-order valence-electron chi connectivity index (χ3n) is 4.58. The van der Waals surface area contributed by atoms with Gasteiger partial charge < -0.3 is 9.64 Å². The van der Waals surface area contributed by atoms with Gasteiger partial charge in [-0.2, -0.15) is 0 Å². The Morgan fingerprint density at radius 1 is 1.21 bits per heavy atom. The smallest absolute Gasteiger partial charge is 0.339 e. The third-order valence-corrected chi connectivity index (χ3v) is 5.72. The number of nitro benzene ring substituents is 1. The summed E-state index contributed by atoms with van der Waals surface area (Å²) >= 11 is 0. The number of esters is 1. The van der Waals surface area contributed by atoms with Crippen LogP contribution >= 0.6 is 0 Å². The van der Waals surface area contributed by atoms with E-state index in [1.54, 1.807) is 0 Å². The Balaban J connectivity index is 1.79. The second-order valence-electron chi connectivity index (χ2n) is 6.63. The molecule has 0 bridgehead atoms. The van der Waals surface area contributed by atoms with Gasteiger partial charge in [0.15, 0.2) is 15.9 Å². The summed E-state index contributed by atoms with van der Waals surface area (Å²) in [5.41, 5.74) is 0.833. The number of benzene rings is 2. The fourth-order valence-electron chi connectivity index (χ4n) is 3.17. The fourth-order valence-corrected chi connectivity index (χ4v) is 3.99. The lowest BCUT2D eigenvalue weighted by molar-refractivity contribution is -0.387. The fraction of sp³-hybridized carbons (Fsp3) is 0.263. The molecule has 10 heteroatoms. The number of hydrogen-bond donors (Lipinski definition) is 0. The van der Waals surface area contributed by atoms with Crippen LogP contribution in [0.5, 0.6) is 0 Å². The normalized spacial score (nSPS) is 14.2. The maximum Gasteiger partial charge on any atom is 0.339 e. The Labute approximate surface area is 167 Å². The number of carbonyl (C=O) groups excluding carboxylic acids is 2. The highest BCUT2D eigenvalue weighted by molar-refractivity contribution is 7.90. The van der Waals surface area contributed by atoms with Crippen molar-refractivity contribution in [1.29, 1.82) is 0 Å². The van der Waals surface area contributed by atoms with Crippen LogP contribution in [0.2, 0.25) is 0 Å². The Hall–Kier alpha value is -3.27. The zero-order chi connectivity index (χ0) is 21.3. The molecular weight excluding hydrogens is 400 g/mol. The van der Waals surface area contributed by atoms with Crippen LogP contribution in [0.15, 0.2) is 47.4 Å². The maximum atomic E-state index is 12.7. The van der Waals surface area contributed by atoms with Gasteiger partial charge in [0, 0.05) is 24.6 Å². The molecule has 0 radical (unpaired) electrons. The molecule has 152 valence electrons. The van der Waals surface area contributed by atoms with Crippen LogP contribution in [0, 0.1) is 10.1 Å². The lowest BCUT2D eigenvalue weighted by atomic mass is 10.2. The minimum absolute atomic E-state index is 0.217. The van der Waals surface area contributed by atoms with Gasteiger partial charge in [0.05, 0.1) is 10.5 Å². The van der Waals surface area contributed by atoms with E-state index in [2.05, 4.69) is 0 Å². The number of hydrogen-bond acceptors (Lipinski definition) is 7. The zero-order valence-corrected chi connectivity index (χ0v) is 16.5. The minimum atomic E-state index is -3.85. The second-order valence-corrected chi connectivity index (χ2v) is 8.61. The van der Waals surface area contributed by atoms with Crippen LogP contribution < -0.4 is 4.90 Å². The van der Waals surface area contributed by atoms with E-state index in [1.807, 2.05) is 24.3 Å². The summed E-state index contributed by atoms with van der Waals surface area (Å²) in [6, 6.07) is 10.3. The molecule has 3 rings (SSSR count). The van der Waals surface area contributed by atoms with E-state index in [0.29, 0.717) is 13.0 Å². The van der Waals surface area contributed by atoms with Crippen molar-refractivity contribution in [2.45, 2.75) is 24.3 Å². The van der Waals surface area contributed by atoms with Gasteiger partial charge in [-0.05, 0) is 37.1 Å². The van der Waals surface area contributed by atoms with Gasteiger partial charge in [-0.15, -0.1) is 0 Å². The molecule has 2 aromatic rings. The number of ether oxygens (including phenoxy) is 1. The number of nitro groups is 1. The monoisotopic (exact) mass is 418 g/mol. The Bertz CT molecular complexity index is 1110. The molecule has 0 saturated carbocycles. The summed E-state index contributed by atoms with van der Waals surface area (Å²) in [6.07, 6.45) is 0.409. The van der Waals surface area contributed by atoms with Crippen LogP contribution in [-0.2, 0) is 25.8 Å². The summed E-state index contributed by atoms with van der Waals surface area (Å²) in [5.74, 6) is -1.37. The van der Waals surface area contributed by atoms with E-state index >= 15 is 0 Å². The van der Waals surface area contributed by atoms with Gasteiger partial charge in [-0.3, -0.25) is 14.9 Å². The first-order chi connectivity index (χ1) is 13.6. The molecule has 1 aliphatic rings. The highest BCUT2D eigenvalue weighted by atomic mass is 32.2. The van der Waals surface area contributed by atoms with E-state index in [0.717, 1.165) is 35.7 Å². The quantitative estimate of drug-likeness (QED) is 0.414. The first-order valence-corrected chi connectivity index (χ1v) is 10.6. The molecule has 1 aliphatic heterocycles. The van der Waals surface area contributed by atoms with E-state index < -0.39 is 43.3 Å². The Morgan fingerprint density at radius 3 is 2.55 bits per heavy atom. The number of fused-ring (bicyclic) bond motifs is 1. The van der Waals surface area contributed by atoms with Crippen molar-refractivity contribution in [3.05, 3.63) is 63.7 Å². The molecule has 29 heavy (non-hydrogen) atoms. The predicted octanol–water partition coefficient (Wildman–Crippen LogP) is 2.13. The molecule has 1 amide bonds. The van der Waals surface area contributed by atoms with Crippen molar-refractivity contribution in [3.63, 3.8) is 0 Å². The van der Waals surface area contributed by atoms with Crippen LogP contribution in [0.3, 0.4) is 0 Å². The van der Waals surface area contributed by atoms with Crippen LogP contribution in [0.1, 0.15) is 22.8 Å². The molecular formula is C19H18N2O7S. The molecule has 0 spiro atoms. The Morgan fingerprint density at radius 2 is 1.90 bits per heavy atom. The average Bonchev–Trinajstić information content (AvgIpc) is 3.10. The molecule has 0 fully saturated rings. The summed E-state index contributed by atoms with van der Waals surface area (Å²) in [7, 11) is -3.85. The summed E-state index contributed by atoms with van der Waals surface area (Å²) in [5, 5.41) is 11.2. The average molecular weight is 418 g/mol. The molecule has 0 aliphatic carbocycles. The third kappa shape index (κ3) is 4.11. The lowest BCUT2D eigenvalue weighted by Crippen LogP contribution is -2.39. The van der Waals surface area contributed by atoms with E-state index in [9.17, 15) is 28.1 Å². The molecule has 2 aromatic carbocycles. The van der Waals surface area contributed by atoms with E-state index in [1.165, 1.54) is 11.8 Å². The first-order valence-electron chi connectivity index (χ1n) is 8.68. The second kappa shape index (κ2) is 7.63. The van der Waals surface area contributed by atoms with Gasteiger partial charge in [-0.25, -0.2) is 13.2 Å². The van der Waals surface area contributed by atoms with Crippen molar-refractivity contribution in [2.24, 2.45) is 0 Å². The van der Waals surface area contributed by atoms with Crippen molar-refractivity contribution in [2.75, 3.05) is 17.7 Å². The number of amides is 1. The number of rotatable bonds is 5. The number of nitrogens with zero attached hydrogens (tertiary/aromatic N) is 2. The summed E-state index contributed by atoms with van der Waals surface area (Å²) in [6.45, 7) is 1.88. The SMILES string of the molecule is CC(OC(=O)c1ccc(S(C)(=O)=O)c([N+](=O)[O-])c1)C(=O)N1CCc2ccccc21. The van der Waals surface area contributed by atoms with Crippen molar-refractivity contribution in [3.8, 4) is 0 Å². The van der Waals surface area contributed by atoms with Crippen LogP contribution in [0.25, 0.3) is 0 Å². The first kappa shape index (κ1) is 20.5. The topological polar surface area (TPSA) is 124 Å². The van der Waals surface area contributed by atoms with Crippen molar-refractivity contribution in [1.82, 2.24) is 0 Å². The van der Waals surface area contributed by atoms with Gasteiger partial charge >= 0.3 is 5.97 Å². The number of sulfone groups is 1. The van der Waals surface area contributed by atoms with E-state index in [-0.39, 0.29) is 5.56 Å². The number of para-hydroxylation sites is 1. The molecule has 1 heterocycles. The van der Waals surface area contributed by atoms with Gasteiger partial charge in [0.2, 0.25) is 0 Å². The van der Waals surface area contributed by atoms with Crippen molar-refractivity contribution >= 4 is 33.1 Å². The Kier molecular flexibility index (Phi) is 5.38. The molecule has 0 aromatic heterocycles. The van der Waals surface area contributed by atoms with Crippen LogP contribution in [0.4, 0.5) is 11.4 Å². The minimum Gasteiger partial charge on any atom is -0.449 e. The maximum absolute atomic E-state index is 12.7. The van der Waals surface area contributed by atoms with Crippen molar-refractivity contribution < 1.29 is 27.7 Å². The molecule has 1 atom stereocenters. The standard InChI is InChI=1S/C19H18N2O7S/c1-12(18(22)20-10-9-13-5-3-4-6-15(13)20)28-19(23)14-7-8-17(29(2,26)27)16(11-14)21(24)25/h3-8,11-12H,9-10H2,1-2H3. The largest absolute Gasteiger partial charge is 0.449 e. The van der Waals surface area contributed by atoms with Gasteiger partial charge in [-0.1, -0.05) is 18.2 Å². The van der Waals surface area contributed by atoms with Gasteiger partial charge in [0.25, 0.3) is 11.6 Å². The lowest BCUT2D eigenvalue weighted by Gasteiger charge is -2.21. The molecule has 0 N–H and O–H groups in total. The highest BCUT2D eigenvalue weighted by Crippen LogP contribution is 2.29. The predicted molar refractivity (Wildman–Crippen MR) is 104 cm³/mol. The summed E-state index contributed by atoms with van der Waals surface area (Å²) < 4.78 is 28.6. The molecule has 9 nitrogen and oxygen atoms in total. The number of anilines is 1. The highest BCUT2D eigenvalue weighted by Gasteiger charge is 2.31. The zero-order valence-electron chi connectivity index (χ0n) is 15.7. The van der Waals surface area contributed by atoms with Crippen LogP contribution in [-0.4, -0.2) is 44.1 Å². The molecule has 0 saturated heterocycles. The number of carbonyl (C=O) groups is 2. The van der Waals surface area contributed by atoms with E-state index in [4.69, 9.17) is 4.74 Å². The summed E-state index contributed by atoms with van der Waals surface area (Å²) in [4.78, 5) is 36.4. The van der Waals surface area contributed by atoms with Gasteiger partial charge in [0.1, 0.15) is 4.90 Å².